The Morgan fingerprint density at radius 3 is 1.64 bits per heavy atom. The second-order valence-corrected chi connectivity index (χ2v) is 7.84. The minimum atomic E-state index is -0.264. The van der Waals surface area contributed by atoms with Crippen LogP contribution in [-0.4, -0.2) is 10.9 Å². The molecule has 4 rings (SSSR count). The Kier molecular flexibility index (Phi) is 7.06. The number of carbonyl (C=O) groups excluding carboxylic acids is 1. The highest BCUT2D eigenvalue weighted by Gasteiger charge is 2.23. The van der Waals surface area contributed by atoms with Crippen LogP contribution in [0.15, 0.2) is 97.1 Å². The van der Waals surface area contributed by atoms with E-state index in [4.69, 9.17) is 9.47 Å². The molecule has 0 atom stereocenters. The average molecular weight is 440 g/mol. The number of phenolic OH excluding ortho intramolecular Hbond substituents is 1. The van der Waals surface area contributed by atoms with Gasteiger partial charge in [0.1, 0.15) is 36.0 Å². The Bertz CT molecular complexity index is 1200. The molecule has 0 saturated carbocycles. The van der Waals surface area contributed by atoms with Gasteiger partial charge in [0.05, 0.1) is 0 Å². The minimum Gasteiger partial charge on any atom is -0.507 e. The molecule has 0 heterocycles. The van der Waals surface area contributed by atoms with E-state index in [1.807, 2.05) is 91.0 Å². The lowest BCUT2D eigenvalue weighted by Gasteiger charge is -2.19. The van der Waals surface area contributed by atoms with Crippen molar-refractivity contribution < 1.29 is 19.4 Å². The molecular weight excluding hydrogens is 413 g/mol. The first-order chi connectivity index (χ1) is 16.1. The molecule has 0 aliphatic rings. The normalized spacial score (nSPS) is 10.6. The van der Waals surface area contributed by atoms with Crippen molar-refractivity contribution in [3.63, 3.8) is 0 Å². The van der Waals surface area contributed by atoms with Crippen molar-refractivity contribution in [2.75, 3.05) is 0 Å². The fourth-order valence-electron chi connectivity index (χ4n) is 3.69. The number of aromatic hydroxyl groups is 1. The van der Waals surface area contributed by atoms with E-state index in [1.54, 1.807) is 6.07 Å². The van der Waals surface area contributed by atoms with E-state index in [0.717, 1.165) is 16.7 Å². The highest BCUT2D eigenvalue weighted by atomic mass is 16.5. The van der Waals surface area contributed by atoms with Crippen LogP contribution in [0, 0.1) is 0 Å². The lowest BCUT2D eigenvalue weighted by molar-refractivity contribution is 0.101. The molecule has 0 bridgehead atoms. The second kappa shape index (κ2) is 10.5. The van der Waals surface area contributed by atoms with E-state index >= 15 is 0 Å². The van der Waals surface area contributed by atoms with Crippen LogP contribution in [0.3, 0.4) is 0 Å². The molecular formula is C29H26O4. The minimum absolute atomic E-state index is 0.0972. The Labute approximate surface area is 194 Å². The summed E-state index contributed by atoms with van der Waals surface area (Å²) in [7, 11) is 0. The zero-order valence-corrected chi connectivity index (χ0v) is 18.5. The van der Waals surface area contributed by atoms with Gasteiger partial charge in [-0.15, -0.1) is 0 Å². The predicted octanol–water partition coefficient (Wildman–Crippen LogP) is 6.34. The third-order valence-corrected chi connectivity index (χ3v) is 5.38. The van der Waals surface area contributed by atoms with Crippen molar-refractivity contribution in [1.29, 1.82) is 0 Å². The van der Waals surface area contributed by atoms with Crippen LogP contribution in [0.25, 0.3) is 0 Å². The number of phenols is 1. The van der Waals surface area contributed by atoms with Crippen LogP contribution in [-0.2, 0) is 19.6 Å². The van der Waals surface area contributed by atoms with Gasteiger partial charge >= 0.3 is 0 Å². The van der Waals surface area contributed by atoms with Crippen molar-refractivity contribution >= 4 is 5.78 Å². The molecule has 0 radical (unpaired) electrons. The van der Waals surface area contributed by atoms with Crippen molar-refractivity contribution in [3.8, 4) is 17.2 Å². The molecule has 0 spiro atoms. The van der Waals surface area contributed by atoms with Crippen LogP contribution >= 0.6 is 0 Å². The molecule has 1 N–H and O–H groups in total. The number of Topliss-reactive ketones (excluding diaryl/α,β-unsaturated/α-hetero) is 1. The third kappa shape index (κ3) is 5.60. The molecule has 166 valence electrons. The lowest BCUT2D eigenvalue weighted by Crippen LogP contribution is -2.07. The van der Waals surface area contributed by atoms with Gasteiger partial charge in [0, 0.05) is 18.1 Å². The van der Waals surface area contributed by atoms with Crippen molar-refractivity contribution in [1.82, 2.24) is 0 Å². The number of rotatable bonds is 9. The van der Waals surface area contributed by atoms with Gasteiger partial charge in [-0.2, -0.15) is 0 Å². The fraction of sp³-hybridized carbons (Fsp3) is 0.138. The molecule has 4 nitrogen and oxygen atoms in total. The first-order valence-corrected chi connectivity index (χ1v) is 10.9. The molecule has 0 aliphatic carbocycles. The van der Waals surface area contributed by atoms with Gasteiger partial charge < -0.3 is 14.6 Å². The zero-order valence-electron chi connectivity index (χ0n) is 18.5. The van der Waals surface area contributed by atoms with Gasteiger partial charge in [-0.25, -0.2) is 0 Å². The van der Waals surface area contributed by atoms with Gasteiger partial charge in [-0.1, -0.05) is 91.0 Å². The highest BCUT2D eigenvalue weighted by Crippen LogP contribution is 2.41. The Hall–Kier alpha value is -4.05. The summed E-state index contributed by atoms with van der Waals surface area (Å²) in [5.41, 5.74) is 3.71. The Morgan fingerprint density at radius 1 is 0.697 bits per heavy atom. The van der Waals surface area contributed by atoms with Gasteiger partial charge in [-0.3, -0.25) is 4.79 Å². The summed E-state index contributed by atoms with van der Waals surface area (Å²) in [5, 5.41) is 11.2. The van der Waals surface area contributed by atoms with E-state index in [-0.39, 0.29) is 23.7 Å². The molecule has 0 aliphatic heterocycles. The van der Waals surface area contributed by atoms with E-state index in [0.29, 0.717) is 30.1 Å². The number of ketones is 1. The highest BCUT2D eigenvalue weighted by molar-refractivity contribution is 6.00. The standard InChI is InChI=1S/C29H26O4/c1-21(30)28-27(33-20-24-15-9-4-10-16-24)18-26(32-19-23-13-7-3-8-14-23)25(29(28)31)17-22-11-5-2-6-12-22/h2-16,18,31H,17,19-20H2,1H3/i21+1. The maximum absolute atomic E-state index is 12.5. The molecule has 4 aromatic rings. The SMILES string of the molecule is C[13C](=O)c1c(OCc2ccccc2)cc(OCc2ccccc2)c(Cc2ccccc2)c1O. The molecule has 33 heavy (non-hydrogen) atoms. The number of benzene rings is 4. The Morgan fingerprint density at radius 2 is 1.15 bits per heavy atom. The van der Waals surface area contributed by atoms with Crippen molar-refractivity contribution in [3.05, 3.63) is 125 Å². The van der Waals surface area contributed by atoms with E-state index in [2.05, 4.69) is 0 Å². The average Bonchev–Trinajstić information content (AvgIpc) is 2.85. The first-order valence-electron chi connectivity index (χ1n) is 10.9. The molecule has 4 heteroatoms. The van der Waals surface area contributed by atoms with Gasteiger partial charge in [0.2, 0.25) is 0 Å². The van der Waals surface area contributed by atoms with E-state index < -0.39 is 0 Å². The molecule has 0 fully saturated rings. The summed E-state index contributed by atoms with van der Waals surface area (Å²) in [6.07, 6.45) is 0.427. The lowest BCUT2D eigenvalue weighted by atomic mass is 10.0. The van der Waals surface area contributed by atoms with Crippen LogP contribution in [0.5, 0.6) is 17.2 Å². The van der Waals surface area contributed by atoms with Crippen LogP contribution in [0.4, 0.5) is 0 Å². The number of carbonyl (C=O) groups is 1. The largest absolute Gasteiger partial charge is 0.507 e. The maximum atomic E-state index is 12.5. The van der Waals surface area contributed by atoms with Gasteiger partial charge in [-0.05, 0) is 23.6 Å². The second-order valence-electron chi connectivity index (χ2n) is 7.84. The van der Waals surface area contributed by atoms with Crippen LogP contribution < -0.4 is 9.47 Å². The summed E-state index contributed by atoms with van der Waals surface area (Å²) in [5.74, 6) is 0.441. The smallest absolute Gasteiger partial charge is 0.167 e. The summed E-state index contributed by atoms with van der Waals surface area (Å²) >= 11 is 0. The van der Waals surface area contributed by atoms with Crippen molar-refractivity contribution in [2.45, 2.75) is 26.6 Å². The zero-order chi connectivity index (χ0) is 23.0. The first kappa shape index (κ1) is 22.2. The predicted molar refractivity (Wildman–Crippen MR) is 129 cm³/mol. The summed E-state index contributed by atoms with van der Waals surface area (Å²) < 4.78 is 12.2. The number of hydrogen-bond donors (Lipinski definition) is 1. The third-order valence-electron chi connectivity index (χ3n) is 5.38. The summed E-state index contributed by atoms with van der Waals surface area (Å²) in [6.45, 7) is 2.04. The topological polar surface area (TPSA) is 55.8 Å². The Balaban J connectivity index is 1.72. The molecule has 4 aromatic carbocycles. The van der Waals surface area contributed by atoms with Crippen molar-refractivity contribution in [2.24, 2.45) is 0 Å². The number of hydrogen-bond acceptors (Lipinski definition) is 4. The molecule has 0 aromatic heterocycles. The molecule has 0 amide bonds. The van der Waals surface area contributed by atoms with Gasteiger partial charge in [0.25, 0.3) is 0 Å². The quantitative estimate of drug-likeness (QED) is 0.244. The fourth-order valence-corrected chi connectivity index (χ4v) is 3.69. The van der Waals surface area contributed by atoms with Crippen LogP contribution in [0.2, 0.25) is 0 Å². The molecule has 0 saturated heterocycles. The van der Waals surface area contributed by atoms with Crippen LogP contribution in [0.1, 0.15) is 39.5 Å². The summed E-state index contributed by atoms with van der Waals surface area (Å²) in [6, 6.07) is 31.0. The summed E-state index contributed by atoms with van der Waals surface area (Å²) in [4.78, 5) is 12.5. The van der Waals surface area contributed by atoms with E-state index in [1.165, 1.54) is 6.92 Å². The molecule has 0 unspecified atom stereocenters. The maximum Gasteiger partial charge on any atom is 0.167 e. The van der Waals surface area contributed by atoms with E-state index in [9.17, 15) is 9.90 Å². The monoisotopic (exact) mass is 439 g/mol. The number of ether oxygens (including phenoxy) is 2. The van der Waals surface area contributed by atoms with Gasteiger partial charge in [0.15, 0.2) is 5.78 Å².